The third-order valence-electron chi connectivity index (χ3n) is 4.95. The van der Waals surface area contributed by atoms with Gasteiger partial charge in [-0.05, 0) is 55.2 Å². The van der Waals surface area contributed by atoms with Crippen LogP contribution in [0, 0.1) is 11.7 Å². The highest BCUT2D eigenvalue weighted by atomic mass is 19.1. The number of amides is 1. The summed E-state index contributed by atoms with van der Waals surface area (Å²) in [5, 5.41) is 6.43. The van der Waals surface area contributed by atoms with Gasteiger partial charge in [-0.25, -0.2) is 4.39 Å². The van der Waals surface area contributed by atoms with Crippen LogP contribution in [0.1, 0.15) is 53.5 Å². The molecule has 5 heteroatoms. The zero-order valence-electron chi connectivity index (χ0n) is 13.6. The van der Waals surface area contributed by atoms with Gasteiger partial charge in [-0.15, -0.1) is 0 Å². The number of rotatable bonds is 4. The van der Waals surface area contributed by atoms with E-state index in [1.165, 1.54) is 30.7 Å². The maximum Gasteiger partial charge on any atom is 0.251 e. The Hall–Kier alpha value is -2.43. The zero-order valence-corrected chi connectivity index (χ0v) is 13.6. The van der Waals surface area contributed by atoms with Gasteiger partial charge in [0.1, 0.15) is 5.82 Å². The third kappa shape index (κ3) is 2.75. The van der Waals surface area contributed by atoms with E-state index in [1.54, 1.807) is 0 Å². The average molecular weight is 325 g/mol. The van der Waals surface area contributed by atoms with E-state index in [2.05, 4.69) is 16.7 Å². The summed E-state index contributed by atoms with van der Waals surface area (Å²) < 4.78 is 13.0. The van der Waals surface area contributed by atoms with Crippen LogP contribution in [0.15, 0.2) is 36.4 Å². The van der Waals surface area contributed by atoms with Crippen LogP contribution in [0.25, 0.3) is 0 Å². The lowest BCUT2D eigenvalue weighted by Crippen LogP contribution is -2.29. The lowest BCUT2D eigenvalue weighted by Gasteiger charge is -2.21. The van der Waals surface area contributed by atoms with Crippen molar-refractivity contribution in [1.29, 1.82) is 0 Å². The number of benzene rings is 1. The minimum atomic E-state index is -0.346. The Bertz CT molecular complexity index is 775. The number of hydrogen-bond acceptors (Lipinski definition) is 3. The summed E-state index contributed by atoms with van der Waals surface area (Å²) in [6.45, 7) is 3.06. The van der Waals surface area contributed by atoms with E-state index in [4.69, 9.17) is 4.98 Å². The van der Waals surface area contributed by atoms with Crippen LogP contribution in [0.3, 0.4) is 0 Å². The molecule has 0 bridgehead atoms. The van der Waals surface area contributed by atoms with Crippen molar-refractivity contribution in [2.24, 2.45) is 5.92 Å². The number of nitrogens with zero attached hydrogens (tertiary/aromatic N) is 1. The second kappa shape index (κ2) is 5.89. The van der Waals surface area contributed by atoms with E-state index >= 15 is 0 Å². The summed E-state index contributed by atoms with van der Waals surface area (Å²) >= 11 is 0. The van der Waals surface area contributed by atoms with Crippen LogP contribution in [0.5, 0.6) is 0 Å². The van der Waals surface area contributed by atoms with Crippen LogP contribution in [-0.2, 0) is 0 Å². The summed E-state index contributed by atoms with van der Waals surface area (Å²) in [5.41, 5.74) is 3.60. The van der Waals surface area contributed by atoms with Crippen molar-refractivity contribution in [3.05, 3.63) is 59.2 Å². The van der Waals surface area contributed by atoms with Crippen LogP contribution in [-0.4, -0.2) is 17.4 Å². The van der Waals surface area contributed by atoms with Crippen molar-refractivity contribution < 1.29 is 9.18 Å². The molecule has 1 aliphatic carbocycles. The van der Waals surface area contributed by atoms with Gasteiger partial charge in [-0.1, -0.05) is 6.92 Å². The van der Waals surface area contributed by atoms with E-state index in [0.717, 1.165) is 30.0 Å². The zero-order chi connectivity index (χ0) is 16.7. The average Bonchev–Trinajstić information content (AvgIpc) is 3.40. The first-order chi connectivity index (χ1) is 11.7. The fraction of sp³-hybridized carbons (Fsp3) is 0.368. The smallest absolute Gasteiger partial charge is 0.251 e. The molecule has 2 N–H and O–H groups in total. The molecule has 1 aliphatic heterocycles. The molecule has 2 aliphatic rings. The first-order valence-electron chi connectivity index (χ1n) is 8.47. The van der Waals surface area contributed by atoms with Gasteiger partial charge in [0.25, 0.3) is 5.91 Å². The first-order valence-corrected chi connectivity index (χ1v) is 8.47. The lowest BCUT2D eigenvalue weighted by molar-refractivity contribution is 0.0934. The van der Waals surface area contributed by atoms with Crippen molar-refractivity contribution >= 4 is 11.6 Å². The molecule has 0 saturated heterocycles. The van der Waals surface area contributed by atoms with Gasteiger partial charge >= 0.3 is 0 Å². The van der Waals surface area contributed by atoms with Gasteiger partial charge in [-0.3, -0.25) is 9.78 Å². The molecule has 1 saturated carbocycles. The predicted octanol–water partition coefficient (Wildman–Crippen LogP) is 3.63. The topological polar surface area (TPSA) is 54.0 Å². The van der Waals surface area contributed by atoms with Gasteiger partial charge < -0.3 is 10.6 Å². The lowest BCUT2D eigenvalue weighted by atomic mass is 10.0. The van der Waals surface area contributed by atoms with Crippen molar-refractivity contribution in [3.63, 3.8) is 0 Å². The summed E-state index contributed by atoms with van der Waals surface area (Å²) in [6.07, 6.45) is 1.95. The molecular formula is C19H20FN3O. The molecular weight excluding hydrogens is 305 g/mol. The monoisotopic (exact) mass is 325 g/mol. The minimum Gasteiger partial charge on any atom is -0.383 e. The Morgan fingerprint density at radius 1 is 1.33 bits per heavy atom. The van der Waals surface area contributed by atoms with Gasteiger partial charge in [0, 0.05) is 18.0 Å². The van der Waals surface area contributed by atoms with E-state index in [9.17, 15) is 9.18 Å². The minimum absolute atomic E-state index is 0.146. The number of aromatic nitrogens is 1. The highest BCUT2D eigenvalue weighted by molar-refractivity contribution is 5.94. The molecule has 4 rings (SSSR count). The van der Waals surface area contributed by atoms with Crippen molar-refractivity contribution in [3.8, 4) is 0 Å². The van der Waals surface area contributed by atoms with Gasteiger partial charge in [-0.2, -0.15) is 0 Å². The molecule has 1 amide bonds. The molecule has 1 aromatic heterocycles. The Labute approximate surface area is 140 Å². The van der Waals surface area contributed by atoms with E-state index in [0.29, 0.717) is 17.4 Å². The molecule has 0 radical (unpaired) electrons. The largest absolute Gasteiger partial charge is 0.383 e. The van der Waals surface area contributed by atoms with E-state index < -0.39 is 0 Å². The summed E-state index contributed by atoms with van der Waals surface area (Å²) in [5.74, 6) is 0.742. The summed E-state index contributed by atoms with van der Waals surface area (Å²) in [4.78, 5) is 17.2. The first kappa shape index (κ1) is 15.1. The molecule has 2 heterocycles. The number of halogens is 1. The Morgan fingerprint density at radius 2 is 2.12 bits per heavy atom. The highest BCUT2D eigenvalue weighted by Crippen LogP contribution is 2.52. The molecule has 24 heavy (non-hydrogen) atoms. The molecule has 2 aromatic rings. The fourth-order valence-corrected chi connectivity index (χ4v) is 3.39. The number of nitrogens with one attached hydrogen (secondary N) is 2. The van der Waals surface area contributed by atoms with E-state index in [-0.39, 0.29) is 17.8 Å². The normalized spacial score (nSPS) is 21.9. The number of anilines is 1. The molecule has 1 fully saturated rings. The van der Waals surface area contributed by atoms with Crippen LogP contribution in [0.2, 0.25) is 0 Å². The quantitative estimate of drug-likeness (QED) is 0.902. The Kier molecular flexibility index (Phi) is 3.71. The van der Waals surface area contributed by atoms with Crippen LogP contribution in [0.4, 0.5) is 10.1 Å². The molecule has 3 unspecified atom stereocenters. The molecule has 4 nitrogen and oxygen atoms in total. The van der Waals surface area contributed by atoms with Crippen molar-refractivity contribution in [1.82, 2.24) is 10.3 Å². The number of fused-ring (bicyclic) bond motifs is 3. The predicted molar refractivity (Wildman–Crippen MR) is 90.5 cm³/mol. The third-order valence-corrected chi connectivity index (χ3v) is 4.95. The molecule has 0 spiro atoms. The SMILES string of the molecule is CCC(NC(=O)c1ccc(F)cc1)c1ccc2c(n1)C1CC1CN2. The Morgan fingerprint density at radius 3 is 2.88 bits per heavy atom. The van der Waals surface area contributed by atoms with Gasteiger partial charge in [0.2, 0.25) is 0 Å². The number of carbonyl (C=O) groups excluding carboxylic acids is 1. The van der Waals surface area contributed by atoms with Crippen LogP contribution >= 0.6 is 0 Å². The summed E-state index contributed by atoms with van der Waals surface area (Å²) in [7, 11) is 0. The standard InChI is InChI=1S/C19H20FN3O/c1-2-15(23-19(24)11-3-5-13(20)6-4-11)16-7-8-17-18(22-16)14-9-12(14)10-21-17/h3-8,12,14-15,21H,2,9-10H2,1H3,(H,23,24). The fourth-order valence-electron chi connectivity index (χ4n) is 3.39. The second-order valence-electron chi connectivity index (χ2n) is 6.59. The Balaban J connectivity index is 1.54. The second-order valence-corrected chi connectivity index (χ2v) is 6.59. The maximum atomic E-state index is 13.0. The molecule has 1 aromatic carbocycles. The van der Waals surface area contributed by atoms with Gasteiger partial charge in [0.05, 0.1) is 23.1 Å². The molecule has 3 atom stereocenters. The highest BCUT2D eigenvalue weighted by Gasteiger charge is 2.43. The summed E-state index contributed by atoms with van der Waals surface area (Å²) in [6, 6.07) is 9.49. The van der Waals surface area contributed by atoms with Crippen molar-refractivity contribution in [2.75, 3.05) is 11.9 Å². The van der Waals surface area contributed by atoms with Gasteiger partial charge in [0.15, 0.2) is 0 Å². The maximum absolute atomic E-state index is 13.0. The number of hydrogen-bond donors (Lipinski definition) is 2. The number of carbonyl (C=O) groups is 1. The number of pyridine rings is 1. The van der Waals surface area contributed by atoms with E-state index in [1.807, 2.05) is 13.0 Å². The van der Waals surface area contributed by atoms with Crippen LogP contribution < -0.4 is 10.6 Å². The molecule has 124 valence electrons. The van der Waals surface area contributed by atoms with Crippen molar-refractivity contribution in [2.45, 2.75) is 31.7 Å².